The number of β-lactam (4-membered cyclic amide) rings is 1. The Bertz CT molecular complexity index is 1270. The summed E-state index contributed by atoms with van der Waals surface area (Å²) in [5.74, 6) is -4.39. The lowest BCUT2D eigenvalue weighted by Crippen LogP contribution is -2.65. The summed E-state index contributed by atoms with van der Waals surface area (Å²) in [6.07, 6.45) is -0.696. The maximum absolute atomic E-state index is 13.7. The van der Waals surface area contributed by atoms with Gasteiger partial charge in [0, 0.05) is 18.1 Å². The lowest BCUT2D eigenvalue weighted by Gasteiger charge is -2.49. The van der Waals surface area contributed by atoms with Gasteiger partial charge in [0.05, 0.1) is 27.9 Å². The molecule has 0 saturated carbocycles. The first kappa shape index (κ1) is 30.8. The van der Waals surface area contributed by atoms with Crippen LogP contribution >= 0.6 is 0 Å². The highest BCUT2D eigenvalue weighted by molar-refractivity contribution is 7.96. The molecule has 3 rings (SSSR count). The Morgan fingerprint density at radius 1 is 1.15 bits per heavy atom. The monoisotopic (exact) mass is 592 g/mol. The molecule has 1 amide bonds. The van der Waals surface area contributed by atoms with Crippen LogP contribution in [-0.4, -0.2) is 56.1 Å². The van der Waals surface area contributed by atoms with Crippen molar-refractivity contribution >= 4 is 35.7 Å². The Kier molecular flexibility index (Phi) is 8.68. The number of nitro benzene ring substituents is 1. The average molecular weight is 593 g/mol. The zero-order valence-electron chi connectivity index (χ0n) is 22.1. The summed E-state index contributed by atoms with van der Waals surface area (Å²) in [5, 5.41) is 10.8. The van der Waals surface area contributed by atoms with E-state index >= 15 is 0 Å². The second-order valence-electron chi connectivity index (χ2n) is 9.74. The molecule has 10 nitrogen and oxygen atoms in total. The van der Waals surface area contributed by atoms with Gasteiger partial charge in [-0.05, 0) is 42.8 Å². The highest BCUT2D eigenvalue weighted by atomic mass is 32.2. The minimum Gasteiger partial charge on any atom is -0.456 e. The third-order valence-electron chi connectivity index (χ3n) is 7.77. The predicted octanol–water partition coefficient (Wildman–Crippen LogP) is 4.67. The number of halogens is 3. The lowest BCUT2D eigenvalue weighted by atomic mass is 9.79. The number of hydrogen-bond acceptors (Lipinski definition) is 8. The average Bonchev–Trinajstić information content (AvgIpc) is 3.14. The van der Waals surface area contributed by atoms with Gasteiger partial charge in [-0.25, -0.2) is 13.2 Å². The molecule has 0 N–H and O–H groups in total. The molecule has 4 atom stereocenters. The van der Waals surface area contributed by atoms with E-state index in [0.29, 0.717) is 0 Å². The zero-order chi connectivity index (χ0) is 29.5. The van der Waals surface area contributed by atoms with Crippen molar-refractivity contribution in [3.8, 4) is 0 Å². The van der Waals surface area contributed by atoms with Crippen molar-refractivity contribution in [1.29, 1.82) is 0 Å². The van der Waals surface area contributed by atoms with Gasteiger partial charge in [-0.2, -0.15) is 13.2 Å². The molecule has 2 aliphatic rings. The van der Waals surface area contributed by atoms with Crippen LogP contribution in [0.25, 0.3) is 0 Å². The number of alkyl halides is 3. The number of nitrogens with zero attached hydrogens (tertiary/aromatic N) is 2. The van der Waals surface area contributed by atoms with Crippen LogP contribution in [-0.2, 0) is 35.2 Å². The highest BCUT2D eigenvalue weighted by Gasteiger charge is 2.66. The molecule has 1 aromatic rings. The van der Waals surface area contributed by atoms with Crippen LogP contribution in [0, 0.1) is 22.0 Å². The van der Waals surface area contributed by atoms with E-state index in [0.717, 1.165) is 35.2 Å². The summed E-state index contributed by atoms with van der Waals surface area (Å²) in [5.41, 5.74) is -6.62. The fraction of sp³-hybridized carbons (Fsp3) is 0.583. The van der Waals surface area contributed by atoms with Crippen molar-refractivity contribution in [2.45, 2.75) is 77.0 Å². The molecule has 39 heavy (non-hydrogen) atoms. The van der Waals surface area contributed by atoms with Crippen molar-refractivity contribution in [1.82, 2.24) is 4.90 Å². The number of non-ortho nitro benzene ring substituents is 1. The van der Waals surface area contributed by atoms with Crippen LogP contribution in [0.2, 0.25) is 18.1 Å². The van der Waals surface area contributed by atoms with Gasteiger partial charge in [-0.3, -0.25) is 14.9 Å². The number of sulfone groups is 1. The fourth-order valence-electron chi connectivity index (χ4n) is 5.39. The fourth-order valence-corrected chi connectivity index (χ4v) is 9.64. The molecular formula is C24H31F3N2O8SSi. The Morgan fingerprint density at radius 3 is 2.15 bits per heavy atom. The number of rotatable bonds is 11. The van der Waals surface area contributed by atoms with E-state index in [1.54, 1.807) is 6.92 Å². The molecule has 0 aliphatic carbocycles. The first-order chi connectivity index (χ1) is 18.1. The Hall–Kier alpha value is -2.78. The molecule has 0 radical (unpaired) electrons. The molecule has 2 heterocycles. The first-order valence-corrected chi connectivity index (χ1v) is 16.5. The van der Waals surface area contributed by atoms with Crippen molar-refractivity contribution < 1.29 is 45.3 Å². The summed E-state index contributed by atoms with van der Waals surface area (Å²) >= 11 is 0. The number of amides is 1. The normalized spacial score (nSPS) is 22.4. The van der Waals surface area contributed by atoms with E-state index in [1.807, 2.05) is 20.8 Å². The molecule has 1 fully saturated rings. The van der Waals surface area contributed by atoms with Gasteiger partial charge in [-0.15, -0.1) is 0 Å². The van der Waals surface area contributed by atoms with E-state index in [1.165, 1.54) is 19.1 Å². The third kappa shape index (κ3) is 5.35. The Balaban J connectivity index is 1.95. The largest absolute Gasteiger partial charge is 0.501 e. The number of nitro groups is 1. The van der Waals surface area contributed by atoms with Crippen LogP contribution in [0.1, 0.15) is 40.2 Å². The molecule has 15 heteroatoms. The highest BCUT2D eigenvalue weighted by Crippen LogP contribution is 2.52. The van der Waals surface area contributed by atoms with Crippen molar-refractivity contribution in [3.05, 3.63) is 50.5 Å². The van der Waals surface area contributed by atoms with Crippen LogP contribution in [0.4, 0.5) is 18.9 Å². The molecule has 0 bridgehead atoms. The number of hydrogen-bond donors (Lipinski definition) is 0. The van der Waals surface area contributed by atoms with E-state index < -0.39 is 81.7 Å². The molecule has 216 valence electrons. The molecule has 0 spiro atoms. The topological polar surface area (TPSA) is 133 Å². The first-order valence-electron chi connectivity index (χ1n) is 12.5. The van der Waals surface area contributed by atoms with E-state index in [2.05, 4.69) is 0 Å². The number of carbonyl (C=O) groups is 2. The Morgan fingerprint density at radius 2 is 1.69 bits per heavy atom. The van der Waals surface area contributed by atoms with Gasteiger partial charge in [0.15, 0.2) is 8.32 Å². The summed E-state index contributed by atoms with van der Waals surface area (Å²) in [6, 6.07) is 6.12. The number of esters is 1. The second kappa shape index (κ2) is 11.0. The predicted molar refractivity (Wildman–Crippen MR) is 136 cm³/mol. The number of benzene rings is 1. The smallest absolute Gasteiger partial charge is 0.456 e. The van der Waals surface area contributed by atoms with Crippen molar-refractivity contribution in [2.75, 3.05) is 0 Å². The summed E-state index contributed by atoms with van der Waals surface area (Å²) in [7, 11) is -8.21. The number of fused-ring (bicyclic) bond motifs is 1. The zero-order valence-corrected chi connectivity index (χ0v) is 24.0. The minimum absolute atomic E-state index is 0.228. The Labute approximate surface area is 225 Å². The second-order valence-corrected chi connectivity index (χ2v) is 16.4. The van der Waals surface area contributed by atoms with Gasteiger partial charge >= 0.3 is 11.5 Å². The van der Waals surface area contributed by atoms with E-state index in [9.17, 15) is 41.3 Å². The minimum atomic E-state index is -5.99. The van der Waals surface area contributed by atoms with Gasteiger partial charge in [0.25, 0.3) is 15.5 Å². The number of ether oxygens (including phenoxy) is 1. The molecule has 1 aromatic carbocycles. The standard InChI is InChI=1S/C24H31F3N2O8SSi/c1-6-39(7-2,8-3)37-15(5)18-19-14(4)21(38(34,35)24(25,26)27)20(28(19)22(18)30)23(31)36-13-16-9-11-17(12-10-16)29(32)33/h9-12,14-15,18-19H,6-8,13H2,1-5H3/t14-,15-,18-,19-/m1/s1. The molecule has 2 aliphatic heterocycles. The van der Waals surface area contributed by atoms with E-state index in [4.69, 9.17) is 9.16 Å². The van der Waals surface area contributed by atoms with Crippen molar-refractivity contribution in [3.63, 3.8) is 0 Å². The number of carbonyl (C=O) groups excluding carboxylic acids is 2. The summed E-state index contributed by atoms with van der Waals surface area (Å²) in [6.45, 7) is 8.32. The maximum atomic E-state index is 13.7. The van der Waals surface area contributed by atoms with Crippen LogP contribution in [0.5, 0.6) is 0 Å². The lowest BCUT2D eigenvalue weighted by molar-refractivity contribution is -0.384. The molecule has 0 unspecified atom stereocenters. The molecule has 0 aromatic heterocycles. The molecular weight excluding hydrogens is 561 g/mol. The summed E-state index contributed by atoms with van der Waals surface area (Å²) in [4.78, 5) is 36.1. The van der Waals surface area contributed by atoms with Gasteiger partial charge in [0.1, 0.15) is 12.3 Å². The van der Waals surface area contributed by atoms with Crippen molar-refractivity contribution in [2.24, 2.45) is 11.8 Å². The third-order valence-corrected chi connectivity index (χ3v) is 14.3. The summed E-state index contributed by atoms with van der Waals surface area (Å²) < 4.78 is 77.8. The quantitative estimate of drug-likeness (QED) is 0.119. The van der Waals surface area contributed by atoms with Gasteiger partial charge in [0.2, 0.25) is 5.91 Å². The van der Waals surface area contributed by atoms with Gasteiger partial charge in [-0.1, -0.05) is 27.7 Å². The van der Waals surface area contributed by atoms with Crippen LogP contribution < -0.4 is 0 Å². The van der Waals surface area contributed by atoms with Gasteiger partial charge < -0.3 is 14.1 Å². The van der Waals surface area contributed by atoms with E-state index in [-0.39, 0.29) is 11.3 Å². The van der Waals surface area contributed by atoms with Crippen LogP contribution in [0.3, 0.4) is 0 Å². The maximum Gasteiger partial charge on any atom is 0.501 e. The molecule has 1 saturated heterocycles. The van der Waals surface area contributed by atoms with Crippen LogP contribution in [0.15, 0.2) is 34.9 Å². The SMILES string of the molecule is CC[Si](CC)(CC)O[C@H](C)[C@H]1C(=O)N2C(C(=O)OCc3ccc([N+](=O)[O-])cc3)=C(S(=O)(=O)C(F)(F)F)[C@H](C)[C@H]12.